The number of amides is 1. The van der Waals surface area contributed by atoms with Gasteiger partial charge in [0.1, 0.15) is 11.6 Å². The standard InChI is InChI=1S/C20H24FN3O2/c1-26-19-7-3-6-18(15-19)24-12-10-23(11-13-24)9-8-20(25)22-17-5-2-4-16(21)14-17/h2-7,14-15H,8-13H2,1H3,(H,22,25). The third kappa shape index (κ3) is 4.95. The highest BCUT2D eigenvalue weighted by molar-refractivity contribution is 5.90. The number of rotatable bonds is 6. The molecule has 3 rings (SSSR count). The normalized spacial score (nSPS) is 14.9. The van der Waals surface area contributed by atoms with Crippen LogP contribution >= 0.6 is 0 Å². The van der Waals surface area contributed by atoms with Crippen LogP contribution in [0.3, 0.4) is 0 Å². The number of piperazine rings is 1. The van der Waals surface area contributed by atoms with Crippen LogP contribution in [0.25, 0.3) is 0 Å². The van der Waals surface area contributed by atoms with Crippen molar-refractivity contribution in [2.75, 3.05) is 50.1 Å². The zero-order valence-electron chi connectivity index (χ0n) is 15.0. The van der Waals surface area contributed by atoms with Crippen LogP contribution in [-0.2, 0) is 4.79 Å². The molecule has 5 nitrogen and oxygen atoms in total. The number of ether oxygens (including phenoxy) is 1. The van der Waals surface area contributed by atoms with Gasteiger partial charge < -0.3 is 15.0 Å². The van der Waals surface area contributed by atoms with Crippen LogP contribution in [0.5, 0.6) is 5.75 Å². The highest BCUT2D eigenvalue weighted by Crippen LogP contribution is 2.22. The van der Waals surface area contributed by atoms with E-state index in [0.29, 0.717) is 18.7 Å². The Morgan fingerprint density at radius 3 is 2.62 bits per heavy atom. The van der Waals surface area contributed by atoms with Crippen LogP contribution in [0, 0.1) is 5.82 Å². The molecule has 2 aromatic rings. The molecular weight excluding hydrogens is 333 g/mol. The van der Waals surface area contributed by atoms with E-state index >= 15 is 0 Å². The van der Waals surface area contributed by atoms with Crippen LogP contribution in [0.4, 0.5) is 15.8 Å². The van der Waals surface area contributed by atoms with Crippen molar-refractivity contribution in [3.05, 3.63) is 54.3 Å². The topological polar surface area (TPSA) is 44.8 Å². The van der Waals surface area contributed by atoms with Gasteiger partial charge in [0.15, 0.2) is 0 Å². The second-order valence-electron chi connectivity index (χ2n) is 6.34. The molecule has 1 N–H and O–H groups in total. The van der Waals surface area contributed by atoms with Crippen LogP contribution in [-0.4, -0.2) is 50.6 Å². The first-order chi connectivity index (χ1) is 12.6. The number of hydrogen-bond acceptors (Lipinski definition) is 4. The maximum Gasteiger partial charge on any atom is 0.225 e. The van der Waals surface area contributed by atoms with Crippen LogP contribution < -0.4 is 15.0 Å². The van der Waals surface area contributed by atoms with Crippen molar-refractivity contribution < 1.29 is 13.9 Å². The molecule has 1 amide bonds. The Morgan fingerprint density at radius 2 is 1.88 bits per heavy atom. The van der Waals surface area contributed by atoms with Crippen molar-refractivity contribution in [1.29, 1.82) is 0 Å². The van der Waals surface area contributed by atoms with E-state index in [1.165, 1.54) is 12.1 Å². The molecule has 0 spiro atoms. The third-order valence-corrected chi connectivity index (χ3v) is 4.55. The van der Waals surface area contributed by atoms with Gasteiger partial charge in [-0.1, -0.05) is 12.1 Å². The Hall–Kier alpha value is -2.60. The molecule has 0 radical (unpaired) electrons. The average molecular weight is 357 g/mol. The Kier molecular flexibility index (Phi) is 6.07. The first-order valence-corrected chi connectivity index (χ1v) is 8.81. The van der Waals surface area contributed by atoms with Crippen molar-refractivity contribution in [2.24, 2.45) is 0 Å². The number of halogens is 1. The van der Waals surface area contributed by atoms with E-state index in [1.54, 1.807) is 19.2 Å². The SMILES string of the molecule is COc1cccc(N2CCN(CCC(=O)Nc3cccc(F)c3)CC2)c1. The van der Waals surface area contributed by atoms with Crippen LogP contribution in [0.15, 0.2) is 48.5 Å². The summed E-state index contributed by atoms with van der Waals surface area (Å²) in [5.74, 6) is 0.418. The summed E-state index contributed by atoms with van der Waals surface area (Å²) in [6.07, 6.45) is 0.398. The molecule has 0 unspecified atom stereocenters. The minimum Gasteiger partial charge on any atom is -0.497 e. The first kappa shape index (κ1) is 18.2. The maximum atomic E-state index is 13.1. The van der Waals surface area contributed by atoms with Crippen molar-refractivity contribution in [1.82, 2.24) is 4.90 Å². The minimum atomic E-state index is -0.350. The largest absolute Gasteiger partial charge is 0.497 e. The monoisotopic (exact) mass is 357 g/mol. The molecule has 0 saturated carbocycles. The Bertz CT molecular complexity index is 745. The lowest BCUT2D eigenvalue weighted by Gasteiger charge is -2.36. The van der Waals surface area contributed by atoms with Crippen molar-refractivity contribution in [3.8, 4) is 5.75 Å². The van der Waals surface area contributed by atoms with Crippen LogP contribution in [0.1, 0.15) is 6.42 Å². The lowest BCUT2D eigenvalue weighted by atomic mass is 10.2. The summed E-state index contributed by atoms with van der Waals surface area (Å²) in [7, 11) is 1.67. The second-order valence-corrected chi connectivity index (χ2v) is 6.34. The molecule has 6 heteroatoms. The van der Waals surface area contributed by atoms with Gasteiger partial charge in [0, 0.05) is 56.6 Å². The molecule has 1 heterocycles. The van der Waals surface area contributed by atoms with Gasteiger partial charge in [-0.2, -0.15) is 0 Å². The molecule has 0 atom stereocenters. The molecule has 0 aliphatic carbocycles. The highest BCUT2D eigenvalue weighted by atomic mass is 19.1. The van der Waals surface area contributed by atoms with Gasteiger partial charge in [-0.15, -0.1) is 0 Å². The number of hydrogen-bond donors (Lipinski definition) is 1. The van der Waals surface area contributed by atoms with Gasteiger partial charge >= 0.3 is 0 Å². The number of benzene rings is 2. The first-order valence-electron chi connectivity index (χ1n) is 8.81. The molecule has 26 heavy (non-hydrogen) atoms. The number of anilines is 2. The minimum absolute atomic E-state index is 0.0918. The van der Waals surface area contributed by atoms with E-state index in [0.717, 1.165) is 37.6 Å². The molecule has 1 saturated heterocycles. The summed E-state index contributed by atoms with van der Waals surface area (Å²) in [6, 6.07) is 14.0. The summed E-state index contributed by atoms with van der Waals surface area (Å²) >= 11 is 0. The van der Waals surface area contributed by atoms with Crippen molar-refractivity contribution in [2.45, 2.75) is 6.42 Å². The fourth-order valence-electron chi connectivity index (χ4n) is 3.09. The van der Waals surface area contributed by atoms with Crippen molar-refractivity contribution in [3.63, 3.8) is 0 Å². The second kappa shape index (κ2) is 8.67. The summed E-state index contributed by atoms with van der Waals surface area (Å²) < 4.78 is 18.4. The van der Waals surface area contributed by atoms with E-state index in [-0.39, 0.29) is 11.7 Å². The average Bonchev–Trinajstić information content (AvgIpc) is 2.67. The molecule has 2 aromatic carbocycles. The molecule has 1 aliphatic heterocycles. The van der Waals surface area contributed by atoms with Gasteiger partial charge in [0.2, 0.25) is 5.91 Å². The highest BCUT2D eigenvalue weighted by Gasteiger charge is 2.18. The summed E-state index contributed by atoms with van der Waals surface area (Å²) in [4.78, 5) is 16.6. The zero-order chi connectivity index (χ0) is 18.4. The van der Waals surface area contributed by atoms with Gasteiger partial charge in [-0.25, -0.2) is 4.39 Å². The lowest BCUT2D eigenvalue weighted by Crippen LogP contribution is -2.47. The summed E-state index contributed by atoms with van der Waals surface area (Å²) in [6.45, 7) is 4.35. The number of carbonyl (C=O) groups is 1. The maximum absolute atomic E-state index is 13.1. The van der Waals surface area contributed by atoms with Gasteiger partial charge in [-0.05, 0) is 30.3 Å². The van der Waals surface area contributed by atoms with Gasteiger partial charge in [0.05, 0.1) is 7.11 Å². The Labute approximate surface area is 153 Å². The Morgan fingerprint density at radius 1 is 1.12 bits per heavy atom. The van der Waals surface area contributed by atoms with Crippen LogP contribution in [0.2, 0.25) is 0 Å². The fraction of sp³-hybridized carbons (Fsp3) is 0.350. The number of carbonyl (C=O) groups excluding carboxylic acids is 1. The van der Waals surface area contributed by atoms with Gasteiger partial charge in [0.25, 0.3) is 0 Å². The van der Waals surface area contributed by atoms with E-state index in [1.807, 2.05) is 18.2 Å². The van der Waals surface area contributed by atoms with E-state index in [9.17, 15) is 9.18 Å². The predicted molar refractivity (Wildman–Crippen MR) is 101 cm³/mol. The summed E-state index contributed by atoms with van der Waals surface area (Å²) in [5, 5.41) is 2.74. The van der Waals surface area contributed by atoms with Gasteiger partial charge in [-0.3, -0.25) is 9.69 Å². The third-order valence-electron chi connectivity index (χ3n) is 4.55. The van der Waals surface area contributed by atoms with E-state index < -0.39 is 0 Å². The smallest absolute Gasteiger partial charge is 0.225 e. The molecule has 138 valence electrons. The molecule has 0 bridgehead atoms. The quantitative estimate of drug-likeness (QED) is 0.863. The Balaban J connectivity index is 1.43. The number of nitrogens with zero attached hydrogens (tertiary/aromatic N) is 2. The molecule has 0 aromatic heterocycles. The lowest BCUT2D eigenvalue weighted by molar-refractivity contribution is -0.116. The van der Waals surface area contributed by atoms with E-state index in [2.05, 4.69) is 21.2 Å². The zero-order valence-corrected chi connectivity index (χ0v) is 15.0. The molecule has 1 fully saturated rings. The fourth-order valence-corrected chi connectivity index (χ4v) is 3.09. The predicted octanol–water partition coefficient (Wildman–Crippen LogP) is 2.99. The molecular formula is C20H24FN3O2. The van der Waals surface area contributed by atoms with E-state index in [4.69, 9.17) is 4.74 Å². The molecule has 1 aliphatic rings. The van der Waals surface area contributed by atoms with Crippen molar-refractivity contribution >= 4 is 17.3 Å². The summed E-state index contributed by atoms with van der Waals surface area (Å²) in [5.41, 5.74) is 1.66. The number of methoxy groups -OCH3 is 1. The number of nitrogens with one attached hydrogen (secondary N) is 1.